The summed E-state index contributed by atoms with van der Waals surface area (Å²) in [6.07, 6.45) is 0.243. The van der Waals surface area contributed by atoms with E-state index in [9.17, 15) is 0 Å². The molecule has 0 aliphatic heterocycles. The fraction of sp³-hybridized carbons (Fsp3) is 0.800. The van der Waals surface area contributed by atoms with Gasteiger partial charge in [0.15, 0.2) is 0 Å². The van der Waals surface area contributed by atoms with Crippen LogP contribution in [-0.2, 0) is 0 Å². The van der Waals surface area contributed by atoms with Gasteiger partial charge in [0, 0.05) is 4.11 Å². The summed E-state index contributed by atoms with van der Waals surface area (Å²) in [6, 6.07) is 0. The minimum Gasteiger partial charge on any atom is -0.0649 e. The molecule has 0 aliphatic rings. The SMILES string of the molecule is [2H]C([2H])([2H])C[C](C)C. The second-order valence-electron chi connectivity index (χ2n) is 1.38. The van der Waals surface area contributed by atoms with Gasteiger partial charge in [-0.3, -0.25) is 0 Å². The molecule has 0 unspecified atom stereocenters. The van der Waals surface area contributed by atoms with Crippen LogP contribution >= 0.6 is 0 Å². The van der Waals surface area contributed by atoms with Gasteiger partial charge in [-0.2, -0.15) is 0 Å². The van der Waals surface area contributed by atoms with Gasteiger partial charge in [0.2, 0.25) is 0 Å². The van der Waals surface area contributed by atoms with Crippen molar-refractivity contribution in [3.63, 3.8) is 0 Å². The van der Waals surface area contributed by atoms with Crippen LogP contribution in [-0.4, -0.2) is 0 Å². The van der Waals surface area contributed by atoms with Crippen molar-refractivity contribution >= 4 is 0 Å². The van der Waals surface area contributed by atoms with Gasteiger partial charge < -0.3 is 0 Å². The lowest BCUT2D eigenvalue weighted by Gasteiger charge is -1.89. The molecule has 0 aromatic heterocycles. The maximum absolute atomic E-state index is 6.77. The van der Waals surface area contributed by atoms with Crippen LogP contribution in [0, 0.1) is 5.92 Å². The maximum atomic E-state index is 6.77. The molecular weight excluding hydrogens is 60.1 g/mol. The van der Waals surface area contributed by atoms with Gasteiger partial charge in [-0.05, 0) is 5.92 Å². The summed E-state index contributed by atoms with van der Waals surface area (Å²) in [5.74, 6) is 0.963. The Labute approximate surface area is 38.4 Å². The molecule has 31 valence electrons. The lowest BCUT2D eigenvalue weighted by atomic mass is 10.2. The molecule has 0 heterocycles. The number of hydrogen-bond acceptors (Lipinski definition) is 0. The van der Waals surface area contributed by atoms with Crippen LogP contribution in [0.1, 0.15) is 31.2 Å². The zero-order valence-corrected chi connectivity index (χ0v) is 3.71. The predicted octanol–water partition coefficient (Wildman–Crippen LogP) is 2.01. The van der Waals surface area contributed by atoms with Crippen LogP contribution in [0.3, 0.4) is 0 Å². The van der Waals surface area contributed by atoms with Crippen LogP contribution in [0.4, 0.5) is 0 Å². The second kappa shape index (κ2) is 2.25. The molecule has 0 atom stereocenters. The summed E-state index contributed by atoms with van der Waals surface area (Å²) in [7, 11) is 0. The van der Waals surface area contributed by atoms with E-state index in [0.717, 1.165) is 5.92 Å². The van der Waals surface area contributed by atoms with Crippen molar-refractivity contribution in [2.45, 2.75) is 27.1 Å². The molecule has 0 amide bonds. The first-order chi connectivity index (χ1) is 3.42. The Hall–Kier alpha value is 0. The van der Waals surface area contributed by atoms with E-state index in [0.29, 0.717) is 0 Å². The fourth-order valence-corrected chi connectivity index (χ4v) is 0. The first kappa shape index (κ1) is 1.63. The predicted molar refractivity (Wildman–Crippen MR) is 24.9 cm³/mol. The smallest absolute Gasteiger partial charge is 0.0231 e. The van der Waals surface area contributed by atoms with E-state index >= 15 is 0 Å². The van der Waals surface area contributed by atoms with Crippen LogP contribution in [0.5, 0.6) is 0 Å². The average molecular weight is 74.2 g/mol. The summed E-state index contributed by atoms with van der Waals surface area (Å²) in [5.41, 5.74) is 0. The Morgan fingerprint density at radius 3 is 2.40 bits per heavy atom. The van der Waals surface area contributed by atoms with E-state index in [4.69, 9.17) is 4.11 Å². The van der Waals surface area contributed by atoms with Gasteiger partial charge in [-0.25, -0.2) is 0 Å². The van der Waals surface area contributed by atoms with Crippen molar-refractivity contribution in [3.05, 3.63) is 5.92 Å². The van der Waals surface area contributed by atoms with E-state index < -0.39 is 6.85 Å². The van der Waals surface area contributed by atoms with Crippen molar-refractivity contribution in [1.29, 1.82) is 0 Å². The third-order valence-electron chi connectivity index (χ3n) is 0.354. The molecule has 0 saturated heterocycles. The first-order valence-electron chi connectivity index (χ1n) is 3.21. The summed E-state index contributed by atoms with van der Waals surface area (Å²) in [4.78, 5) is 0. The number of hydrogen-bond donors (Lipinski definition) is 0. The largest absolute Gasteiger partial charge is 0.0649 e. The van der Waals surface area contributed by atoms with Crippen LogP contribution in [0.15, 0.2) is 0 Å². The lowest BCUT2D eigenvalue weighted by Crippen LogP contribution is -1.73. The molecule has 0 aromatic carbocycles. The molecule has 0 bridgehead atoms. The second-order valence-corrected chi connectivity index (χ2v) is 1.38. The molecular formula is C5H11. The average Bonchev–Trinajstić information content (AvgIpc) is 1.21. The molecule has 1 radical (unpaired) electrons. The molecule has 0 nitrogen and oxygen atoms in total. The number of rotatable bonds is 1. The van der Waals surface area contributed by atoms with E-state index in [-0.39, 0.29) is 6.42 Å². The monoisotopic (exact) mass is 74.1 g/mol. The van der Waals surface area contributed by atoms with Gasteiger partial charge in [-0.15, -0.1) is 0 Å². The first-order valence-corrected chi connectivity index (χ1v) is 1.71. The highest BCUT2D eigenvalue weighted by Gasteiger charge is 1.80. The van der Waals surface area contributed by atoms with Gasteiger partial charge in [-0.1, -0.05) is 27.1 Å². The van der Waals surface area contributed by atoms with E-state index in [1.54, 1.807) is 0 Å². The summed E-state index contributed by atoms with van der Waals surface area (Å²) in [6.45, 7) is 1.89. The van der Waals surface area contributed by atoms with Crippen molar-refractivity contribution < 1.29 is 4.11 Å². The van der Waals surface area contributed by atoms with Gasteiger partial charge >= 0.3 is 0 Å². The van der Waals surface area contributed by atoms with E-state index in [1.807, 2.05) is 13.8 Å². The molecule has 0 saturated carbocycles. The van der Waals surface area contributed by atoms with Gasteiger partial charge in [0.1, 0.15) is 0 Å². The molecule has 0 N–H and O–H groups in total. The highest BCUT2D eigenvalue weighted by atomic mass is 13.9. The molecule has 0 spiro atoms. The van der Waals surface area contributed by atoms with Gasteiger partial charge in [0.25, 0.3) is 0 Å². The Morgan fingerprint density at radius 2 is 2.40 bits per heavy atom. The Morgan fingerprint density at radius 1 is 1.80 bits per heavy atom. The van der Waals surface area contributed by atoms with Crippen molar-refractivity contribution in [1.82, 2.24) is 0 Å². The summed E-state index contributed by atoms with van der Waals surface area (Å²) >= 11 is 0. The van der Waals surface area contributed by atoms with Crippen LogP contribution in [0.25, 0.3) is 0 Å². The topological polar surface area (TPSA) is 0 Å². The normalized spacial score (nSPS) is 21.0. The summed E-state index contributed by atoms with van der Waals surface area (Å²) in [5, 5.41) is 0. The zero-order chi connectivity index (χ0) is 6.78. The highest BCUT2D eigenvalue weighted by molar-refractivity contribution is 4.72. The van der Waals surface area contributed by atoms with Crippen LogP contribution in [0.2, 0.25) is 0 Å². The minimum atomic E-state index is -1.77. The minimum absolute atomic E-state index is 0.243. The maximum Gasteiger partial charge on any atom is 0.0231 e. The zero-order valence-electron chi connectivity index (χ0n) is 6.71. The molecule has 0 aromatic rings. The molecule has 0 rings (SSSR count). The fourth-order valence-electron chi connectivity index (χ4n) is 0. The third kappa shape index (κ3) is 4.00. The Kier molecular flexibility index (Phi) is 0.735. The quantitative estimate of drug-likeness (QED) is 0.446. The van der Waals surface area contributed by atoms with Crippen molar-refractivity contribution in [2.75, 3.05) is 0 Å². The Bertz CT molecular complexity index is 62.6. The molecule has 5 heavy (non-hydrogen) atoms. The van der Waals surface area contributed by atoms with E-state index in [2.05, 4.69) is 0 Å². The third-order valence-corrected chi connectivity index (χ3v) is 0.354. The van der Waals surface area contributed by atoms with Crippen molar-refractivity contribution in [2.24, 2.45) is 0 Å². The standard InChI is InChI=1S/C5H11/c1-4-5(2)3/h4H2,1-3H3/i1D3. The van der Waals surface area contributed by atoms with Crippen LogP contribution < -0.4 is 0 Å². The van der Waals surface area contributed by atoms with Crippen molar-refractivity contribution in [3.8, 4) is 0 Å². The molecule has 0 heteroatoms. The summed E-state index contributed by atoms with van der Waals surface area (Å²) < 4.78 is 20.3. The lowest BCUT2D eigenvalue weighted by molar-refractivity contribution is 0.923. The van der Waals surface area contributed by atoms with Gasteiger partial charge in [0.05, 0.1) is 0 Å². The highest BCUT2D eigenvalue weighted by Crippen LogP contribution is 1.97. The van der Waals surface area contributed by atoms with E-state index in [1.165, 1.54) is 0 Å². The molecule has 0 fully saturated rings. The molecule has 0 aliphatic carbocycles. The Balaban J connectivity index is 3.39.